The summed E-state index contributed by atoms with van der Waals surface area (Å²) in [5, 5.41) is 20.3. The van der Waals surface area contributed by atoms with Crippen LogP contribution in [0, 0.1) is 5.92 Å². The van der Waals surface area contributed by atoms with Crippen molar-refractivity contribution in [3.63, 3.8) is 0 Å². The van der Waals surface area contributed by atoms with Crippen LogP contribution in [-0.4, -0.2) is 42.7 Å². The molecular formula is C17H20ClN3O3S. The second-order valence-corrected chi connectivity index (χ2v) is 6.65. The molecule has 0 spiro atoms. The molecule has 1 fully saturated rings. The van der Waals surface area contributed by atoms with E-state index in [0.29, 0.717) is 35.8 Å². The maximum Gasteiger partial charge on any atom is 0.265 e. The largest absolute Gasteiger partial charge is 0.391 e. The predicted molar refractivity (Wildman–Crippen MR) is 101 cm³/mol. The molecule has 2 amide bonds. The van der Waals surface area contributed by atoms with E-state index in [4.69, 9.17) is 0 Å². The Morgan fingerprint density at radius 1 is 1.16 bits per heavy atom. The summed E-state index contributed by atoms with van der Waals surface area (Å²) in [7, 11) is 0. The number of benzene rings is 1. The number of anilines is 1. The van der Waals surface area contributed by atoms with Crippen molar-refractivity contribution in [2.75, 3.05) is 25.0 Å². The molecule has 134 valence electrons. The maximum atomic E-state index is 12.1. The molecule has 4 N–H and O–H groups in total. The number of thiophene rings is 1. The summed E-state index contributed by atoms with van der Waals surface area (Å²) in [6.07, 6.45) is -0.417. The van der Waals surface area contributed by atoms with Crippen LogP contribution in [0.2, 0.25) is 0 Å². The number of nitrogens with one attached hydrogen (secondary N) is 3. The van der Waals surface area contributed by atoms with Crippen LogP contribution >= 0.6 is 23.7 Å². The Kier molecular flexibility index (Phi) is 6.95. The van der Waals surface area contributed by atoms with E-state index in [-0.39, 0.29) is 30.1 Å². The molecule has 0 aliphatic carbocycles. The molecule has 25 heavy (non-hydrogen) atoms. The van der Waals surface area contributed by atoms with Gasteiger partial charge in [-0.3, -0.25) is 9.59 Å². The highest BCUT2D eigenvalue weighted by Gasteiger charge is 2.25. The summed E-state index contributed by atoms with van der Waals surface area (Å²) in [6.45, 7) is 1.71. The molecule has 2 unspecified atom stereocenters. The van der Waals surface area contributed by atoms with Gasteiger partial charge in [0.25, 0.3) is 11.8 Å². The Bertz CT molecular complexity index is 706. The first-order valence-electron chi connectivity index (χ1n) is 7.75. The zero-order valence-electron chi connectivity index (χ0n) is 13.4. The lowest BCUT2D eigenvalue weighted by Gasteiger charge is -2.14. The number of carbonyl (C=O) groups is 2. The molecule has 2 heterocycles. The monoisotopic (exact) mass is 381 g/mol. The second kappa shape index (κ2) is 8.96. The zero-order valence-corrected chi connectivity index (χ0v) is 15.0. The third kappa shape index (κ3) is 5.02. The lowest BCUT2D eigenvalue weighted by Crippen LogP contribution is -2.34. The SMILES string of the molecule is Cl.O=C(NCC1CNCC1O)c1ccc(NC(=O)c2cccs2)cc1. The highest BCUT2D eigenvalue weighted by molar-refractivity contribution is 7.12. The summed E-state index contributed by atoms with van der Waals surface area (Å²) in [4.78, 5) is 24.7. The molecule has 1 aromatic heterocycles. The van der Waals surface area contributed by atoms with E-state index < -0.39 is 6.10 Å². The van der Waals surface area contributed by atoms with Gasteiger partial charge in [-0.25, -0.2) is 0 Å². The zero-order chi connectivity index (χ0) is 16.9. The van der Waals surface area contributed by atoms with Crippen LogP contribution in [0.25, 0.3) is 0 Å². The fourth-order valence-corrected chi connectivity index (χ4v) is 3.18. The average molecular weight is 382 g/mol. The Hall–Kier alpha value is -1.93. The summed E-state index contributed by atoms with van der Waals surface area (Å²) >= 11 is 1.38. The molecule has 6 nitrogen and oxygen atoms in total. The lowest BCUT2D eigenvalue weighted by molar-refractivity contribution is 0.0926. The number of rotatable bonds is 5. The topological polar surface area (TPSA) is 90.5 Å². The smallest absolute Gasteiger partial charge is 0.265 e. The van der Waals surface area contributed by atoms with Crippen molar-refractivity contribution in [1.29, 1.82) is 0 Å². The highest BCUT2D eigenvalue weighted by Crippen LogP contribution is 2.14. The van der Waals surface area contributed by atoms with E-state index in [9.17, 15) is 14.7 Å². The minimum atomic E-state index is -0.417. The number of aliphatic hydroxyl groups is 1. The third-order valence-electron chi connectivity index (χ3n) is 3.98. The summed E-state index contributed by atoms with van der Waals surface area (Å²) in [5.41, 5.74) is 1.16. The van der Waals surface area contributed by atoms with Gasteiger partial charge < -0.3 is 21.1 Å². The molecule has 1 aromatic carbocycles. The van der Waals surface area contributed by atoms with Crippen molar-refractivity contribution < 1.29 is 14.7 Å². The van der Waals surface area contributed by atoms with E-state index in [1.165, 1.54) is 11.3 Å². The fourth-order valence-electron chi connectivity index (χ4n) is 2.56. The molecule has 8 heteroatoms. The van der Waals surface area contributed by atoms with Gasteiger partial charge in [-0.2, -0.15) is 0 Å². The highest BCUT2D eigenvalue weighted by atomic mass is 35.5. The van der Waals surface area contributed by atoms with Crippen LogP contribution in [0.5, 0.6) is 0 Å². The van der Waals surface area contributed by atoms with Gasteiger partial charge in [-0.05, 0) is 35.7 Å². The molecule has 1 aliphatic heterocycles. The van der Waals surface area contributed by atoms with Gasteiger partial charge >= 0.3 is 0 Å². The van der Waals surface area contributed by atoms with Crippen molar-refractivity contribution in [1.82, 2.24) is 10.6 Å². The minimum Gasteiger partial charge on any atom is -0.391 e. The van der Waals surface area contributed by atoms with Gasteiger partial charge in [0.15, 0.2) is 0 Å². The molecular weight excluding hydrogens is 362 g/mol. The number of carbonyl (C=O) groups excluding carboxylic acids is 2. The molecule has 0 saturated carbocycles. The van der Waals surface area contributed by atoms with E-state index in [2.05, 4.69) is 16.0 Å². The maximum absolute atomic E-state index is 12.1. The van der Waals surface area contributed by atoms with E-state index in [1.807, 2.05) is 11.4 Å². The van der Waals surface area contributed by atoms with E-state index >= 15 is 0 Å². The van der Waals surface area contributed by atoms with Crippen LogP contribution in [0.15, 0.2) is 41.8 Å². The van der Waals surface area contributed by atoms with Crippen LogP contribution < -0.4 is 16.0 Å². The number of amides is 2. The standard InChI is InChI=1S/C17H19N3O3S.ClH/c21-14-10-18-8-12(14)9-19-16(22)11-3-5-13(6-4-11)20-17(23)15-2-1-7-24-15;/h1-7,12,14,18,21H,8-10H2,(H,19,22)(H,20,23);1H. The molecule has 1 aliphatic rings. The Morgan fingerprint density at radius 3 is 2.52 bits per heavy atom. The van der Waals surface area contributed by atoms with Gasteiger partial charge in [-0.1, -0.05) is 6.07 Å². The quantitative estimate of drug-likeness (QED) is 0.635. The van der Waals surface area contributed by atoms with Crippen LogP contribution in [-0.2, 0) is 0 Å². The van der Waals surface area contributed by atoms with Crippen LogP contribution in [0.3, 0.4) is 0 Å². The van der Waals surface area contributed by atoms with Gasteiger partial charge in [0.05, 0.1) is 11.0 Å². The molecule has 2 aromatic rings. The number of β-amino-alcohol motifs (C(OH)–C–C–N with tert-alkyl or cyclic N) is 1. The number of hydrogen-bond donors (Lipinski definition) is 4. The van der Waals surface area contributed by atoms with Gasteiger partial charge in [0.1, 0.15) is 0 Å². The molecule has 2 atom stereocenters. The van der Waals surface area contributed by atoms with Crippen molar-refractivity contribution in [3.8, 4) is 0 Å². The van der Waals surface area contributed by atoms with Crippen molar-refractivity contribution in [2.45, 2.75) is 6.10 Å². The molecule has 3 rings (SSSR count). The van der Waals surface area contributed by atoms with E-state index in [0.717, 1.165) is 0 Å². The van der Waals surface area contributed by atoms with Crippen molar-refractivity contribution >= 4 is 41.2 Å². The van der Waals surface area contributed by atoms with Gasteiger partial charge in [-0.15, -0.1) is 23.7 Å². The molecule has 0 bridgehead atoms. The number of hydrogen-bond acceptors (Lipinski definition) is 5. The normalized spacial score (nSPS) is 19.1. The van der Waals surface area contributed by atoms with Crippen LogP contribution in [0.1, 0.15) is 20.0 Å². The molecule has 1 saturated heterocycles. The Morgan fingerprint density at radius 2 is 1.92 bits per heavy atom. The first kappa shape index (κ1) is 19.4. The summed E-state index contributed by atoms with van der Waals surface area (Å²) in [5.74, 6) is -0.312. The number of halogens is 1. The van der Waals surface area contributed by atoms with E-state index in [1.54, 1.807) is 30.3 Å². The first-order chi connectivity index (χ1) is 11.6. The Balaban J connectivity index is 0.00000225. The summed E-state index contributed by atoms with van der Waals surface area (Å²) < 4.78 is 0. The second-order valence-electron chi connectivity index (χ2n) is 5.70. The van der Waals surface area contributed by atoms with Crippen molar-refractivity contribution in [2.24, 2.45) is 5.92 Å². The van der Waals surface area contributed by atoms with Gasteiger partial charge in [0, 0.05) is 36.8 Å². The molecule has 0 radical (unpaired) electrons. The first-order valence-corrected chi connectivity index (χ1v) is 8.63. The number of aliphatic hydroxyl groups excluding tert-OH is 1. The minimum absolute atomic E-state index is 0. The Labute approximate surface area is 156 Å². The van der Waals surface area contributed by atoms with Gasteiger partial charge in [0.2, 0.25) is 0 Å². The lowest BCUT2D eigenvalue weighted by atomic mass is 10.1. The fraction of sp³-hybridized carbons (Fsp3) is 0.294. The van der Waals surface area contributed by atoms with Crippen LogP contribution in [0.4, 0.5) is 5.69 Å². The average Bonchev–Trinajstić information content (AvgIpc) is 3.25. The predicted octanol–water partition coefficient (Wildman–Crippen LogP) is 1.73. The van der Waals surface area contributed by atoms with Crippen molar-refractivity contribution in [3.05, 3.63) is 52.2 Å². The summed E-state index contributed by atoms with van der Waals surface area (Å²) in [6, 6.07) is 10.3. The third-order valence-corrected chi connectivity index (χ3v) is 4.85.